The predicted octanol–water partition coefficient (Wildman–Crippen LogP) is 5.38. The lowest BCUT2D eigenvalue weighted by Crippen LogP contribution is -2.28. The van der Waals surface area contributed by atoms with Crippen LogP contribution in [0.1, 0.15) is 45.9 Å². The molecular formula is C20H28N2O. The number of hydrogen-bond donors (Lipinski definition) is 1. The molecule has 2 rings (SSSR count). The molecule has 0 bridgehead atoms. The van der Waals surface area contributed by atoms with Crippen LogP contribution in [0.4, 0.5) is 5.69 Å². The molecule has 0 fully saturated rings. The van der Waals surface area contributed by atoms with Gasteiger partial charge in [-0.15, -0.1) is 0 Å². The molecule has 0 aliphatic rings. The molecule has 1 N–H and O–H groups in total. The quantitative estimate of drug-likeness (QED) is 0.809. The Morgan fingerprint density at radius 3 is 2.22 bits per heavy atom. The second-order valence-corrected chi connectivity index (χ2v) is 6.39. The van der Waals surface area contributed by atoms with Crippen LogP contribution in [0.15, 0.2) is 36.5 Å². The van der Waals surface area contributed by atoms with E-state index in [9.17, 15) is 4.79 Å². The van der Waals surface area contributed by atoms with E-state index in [1.807, 2.05) is 59.7 Å². The number of benzene rings is 1. The lowest BCUT2D eigenvalue weighted by atomic mass is 9.94. The molecule has 3 heteroatoms. The molecule has 0 atom stereocenters. The Bertz CT molecular complexity index is 670. The number of nitrogens with one attached hydrogen (secondary N) is 1. The molecule has 0 aliphatic carbocycles. The summed E-state index contributed by atoms with van der Waals surface area (Å²) in [6, 6.07) is 10.2. The van der Waals surface area contributed by atoms with Crippen LogP contribution in [-0.2, 0) is 4.79 Å². The summed E-state index contributed by atoms with van der Waals surface area (Å²) in [5.74, 6) is -0.0111. The second kappa shape index (κ2) is 7.91. The third-order valence-corrected chi connectivity index (χ3v) is 3.41. The summed E-state index contributed by atoms with van der Waals surface area (Å²) >= 11 is 0. The van der Waals surface area contributed by atoms with Crippen molar-refractivity contribution in [2.24, 2.45) is 5.41 Å². The van der Waals surface area contributed by atoms with Gasteiger partial charge in [-0.1, -0.05) is 58.9 Å². The average molecular weight is 312 g/mol. The number of hydrogen-bond acceptors (Lipinski definition) is 2. The largest absolute Gasteiger partial charge is 0.324 e. The van der Waals surface area contributed by atoms with Gasteiger partial charge in [0.05, 0.1) is 11.9 Å². The Hall–Kier alpha value is -2.16. The Labute approximate surface area is 140 Å². The van der Waals surface area contributed by atoms with Crippen LogP contribution in [0.2, 0.25) is 0 Å². The third-order valence-electron chi connectivity index (χ3n) is 3.41. The van der Waals surface area contributed by atoms with Gasteiger partial charge in [-0.3, -0.25) is 9.78 Å². The van der Waals surface area contributed by atoms with E-state index >= 15 is 0 Å². The zero-order valence-electron chi connectivity index (χ0n) is 15.3. The molecule has 124 valence electrons. The van der Waals surface area contributed by atoms with Crippen LogP contribution in [-0.4, -0.2) is 10.9 Å². The van der Waals surface area contributed by atoms with Crippen molar-refractivity contribution in [3.8, 4) is 11.1 Å². The topological polar surface area (TPSA) is 42.0 Å². The number of nitrogens with zero attached hydrogens (tertiary/aromatic N) is 1. The maximum Gasteiger partial charge on any atom is 0.229 e. The first-order valence-electron chi connectivity index (χ1n) is 8.13. The first kappa shape index (κ1) is 18.9. The fourth-order valence-electron chi connectivity index (χ4n) is 2.07. The number of amides is 1. The second-order valence-electron chi connectivity index (χ2n) is 6.39. The van der Waals surface area contributed by atoms with E-state index in [0.717, 1.165) is 22.5 Å². The molecule has 0 radical (unpaired) electrons. The van der Waals surface area contributed by atoms with Crippen molar-refractivity contribution < 1.29 is 4.79 Å². The first-order chi connectivity index (χ1) is 10.8. The van der Waals surface area contributed by atoms with Crippen LogP contribution in [0.3, 0.4) is 0 Å². The Kier molecular flexibility index (Phi) is 6.49. The van der Waals surface area contributed by atoms with Gasteiger partial charge < -0.3 is 5.32 Å². The molecule has 0 saturated carbocycles. The van der Waals surface area contributed by atoms with Crippen LogP contribution in [0.25, 0.3) is 11.1 Å². The molecule has 1 aromatic heterocycles. The van der Waals surface area contributed by atoms with Crippen molar-refractivity contribution in [3.05, 3.63) is 47.8 Å². The summed E-state index contributed by atoms with van der Waals surface area (Å²) < 4.78 is 0. The van der Waals surface area contributed by atoms with Gasteiger partial charge in [-0.2, -0.15) is 0 Å². The normalized spacial score (nSPS) is 10.6. The standard InChI is InChI=1S/C18H22N2O.C2H6/c1-12-8-6-7-9-14(12)15-10-13(2)19-11-16(15)20-17(21)18(3,4)5;1-2/h6-11H,1-5H3,(H,20,21);1-2H3. The summed E-state index contributed by atoms with van der Waals surface area (Å²) in [6.07, 6.45) is 1.74. The van der Waals surface area contributed by atoms with E-state index in [2.05, 4.69) is 29.4 Å². The molecule has 0 spiro atoms. The summed E-state index contributed by atoms with van der Waals surface area (Å²) in [6.45, 7) is 13.7. The Morgan fingerprint density at radius 1 is 1.04 bits per heavy atom. The van der Waals surface area contributed by atoms with Gasteiger partial charge in [0.2, 0.25) is 5.91 Å². The van der Waals surface area contributed by atoms with E-state index < -0.39 is 5.41 Å². The van der Waals surface area contributed by atoms with E-state index in [1.165, 1.54) is 5.56 Å². The number of rotatable bonds is 2. The van der Waals surface area contributed by atoms with Gasteiger partial charge in [-0.05, 0) is 31.0 Å². The maximum absolute atomic E-state index is 12.2. The first-order valence-corrected chi connectivity index (χ1v) is 8.13. The van der Waals surface area contributed by atoms with Crippen molar-refractivity contribution in [2.45, 2.75) is 48.5 Å². The minimum absolute atomic E-state index is 0.0111. The van der Waals surface area contributed by atoms with Gasteiger partial charge in [-0.25, -0.2) is 0 Å². The highest BCUT2D eigenvalue weighted by Gasteiger charge is 2.22. The molecule has 0 aliphatic heterocycles. The van der Waals surface area contributed by atoms with Crippen LogP contribution >= 0.6 is 0 Å². The highest BCUT2D eigenvalue weighted by molar-refractivity contribution is 5.98. The summed E-state index contributed by atoms with van der Waals surface area (Å²) in [5, 5.41) is 3.00. The van der Waals surface area contributed by atoms with Crippen molar-refractivity contribution in [2.75, 3.05) is 5.32 Å². The summed E-state index contributed by atoms with van der Waals surface area (Å²) in [7, 11) is 0. The zero-order chi connectivity index (χ0) is 17.6. The highest BCUT2D eigenvalue weighted by atomic mass is 16.2. The molecule has 0 unspecified atom stereocenters. The number of anilines is 1. The van der Waals surface area contributed by atoms with E-state index in [4.69, 9.17) is 0 Å². The lowest BCUT2D eigenvalue weighted by molar-refractivity contribution is -0.123. The summed E-state index contributed by atoms with van der Waals surface area (Å²) in [4.78, 5) is 16.6. The molecule has 1 aromatic carbocycles. The highest BCUT2D eigenvalue weighted by Crippen LogP contribution is 2.31. The van der Waals surface area contributed by atoms with Crippen LogP contribution in [0.5, 0.6) is 0 Å². The third kappa shape index (κ3) is 4.92. The van der Waals surface area contributed by atoms with Crippen molar-refractivity contribution in [1.82, 2.24) is 4.98 Å². The van der Waals surface area contributed by atoms with Crippen molar-refractivity contribution >= 4 is 11.6 Å². The fraction of sp³-hybridized carbons (Fsp3) is 0.400. The van der Waals surface area contributed by atoms with Gasteiger partial charge in [0, 0.05) is 16.7 Å². The van der Waals surface area contributed by atoms with E-state index in [1.54, 1.807) is 6.20 Å². The Morgan fingerprint density at radius 2 is 1.65 bits per heavy atom. The smallest absolute Gasteiger partial charge is 0.229 e. The predicted molar refractivity (Wildman–Crippen MR) is 98.6 cm³/mol. The van der Waals surface area contributed by atoms with E-state index in [0.29, 0.717) is 0 Å². The molecule has 2 aromatic rings. The van der Waals surface area contributed by atoms with Crippen LogP contribution < -0.4 is 5.32 Å². The monoisotopic (exact) mass is 312 g/mol. The number of carbonyl (C=O) groups is 1. The molecule has 0 saturated heterocycles. The molecule has 1 heterocycles. The minimum atomic E-state index is -0.437. The lowest BCUT2D eigenvalue weighted by Gasteiger charge is -2.20. The molecule has 23 heavy (non-hydrogen) atoms. The number of carbonyl (C=O) groups excluding carboxylic acids is 1. The number of pyridine rings is 1. The van der Waals surface area contributed by atoms with Crippen molar-refractivity contribution in [1.29, 1.82) is 0 Å². The van der Waals surface area contributed by atoms with Gasteiger partial charge in [0.1, 0.15) is 0 Å². The number of aryl methyl sites for hydroxylation is 2. The fourth-order valence-corrected chi connectivity index (χ4v) is 2.07. The van der Waals surface area contributed by atoms with Gasteiger partial charge >= 0.3 is 0 Å². The zero-order valence-corrected chi connectivity index (χ0v) is 15.3. The minimum Gasteiger partial charge on any atom is -0.324 e. The maximum atomic E-state index is 12.2. The summed E-state index contributed by atoms with van der Waals surface area (Å²) in [5.41, 5.74) is 4.56. The average Bonchev–Trinajstić information content (AvgIpc) is 2.50. The van der Waals surface area contributed by atoms with Crippen molar-refractivity contribution in [3.63, 3.8) is 0 Å². The Balaban J connectivity index is 0.00000127. The van der Waals surface area contributed by atoms with Crippen LogP contribution in [0, 0.1) is 19.3 Å². The SMILES string of the molecule is CC.Cc1cc(-c2ccccc2C)c(NC(=O)C(C)(C)C)cn1. The number of aromatic nitrogens is 1. The molecular weight excluding hydrogens is 284 g/mol. The van der Waals surface area contributed by atoms with E-state index in [-0.39, 0.29) is 5.91 Å². The molecule has 3 nitrogen and oxygen atoms in total. The van der Waals surface area contributed by atoms with Gasteiger partial charge in [0.15, 0.2) is 0 Å². The molecule has 1 amide bonds. The van der Waals surface area contributed by atoms with Gasteiger partial charge in [0.25, 0.3) is 0 Å².